The Morgan fingerprint density at radius 2 is 1.84 bits per heavy atom. The van der Waals surface area contributed by atoms with Crippen LogP contribution in [0.4, 0.5) is 11.4 Å². The zero-order valence-corrected chi connectivity index (χ0v) is 17.6. The summed E-state index contributed by atoms with van der Waals surface area (Å²) in [6.07, 6.45) is 5.10. The number of nitrogens with one attached hydrogen (secondary N) is 1. The monoisotopic (exact) mass is 441 g/mol. The van der Waals surface area contributed by atoms with Crippen molar-refractivity contribution in [3.8, 4) is 0 Å². The highest BCUT2D eigenvalue weighted by molar-refractivity contribution is 7.89. The van der Waals surface area contributed by atoms with E-state index in [9.17, 15) is 18.5 Å². The quantitative estimate of drug-likeness (QED) is 0.443. The molecule has 0 radical (unpaired) electrons. The highest BCUT2D eigenvalue weighted by Gasteiger charge is 2.38. The van der Waals surface area contributed by atoms with Gasteiger partial charge in [0.1, 0.15) is 0 Å². The lowest BCUT2D eigenvalue weighted by molar-refractivity contribution is -0.384. The predicted molar refractivity (Wildman–Crippen MR) is 115 cm³/mol. The van der Waals surface area contributed by atoms with Crippen LogP contribution in [-0.4, -0.2) is 43.9 Å². The van der Waals surface area contributed by atoms with E-state index in [0.717, 1.165) is 23.2 Å². The van der Waals surface area contributed by atoms with Crippen LogP contribution in [0.3, 0.4) is 0 Å². The van der Waals surface area contributed by atoms with Gasteiger partial charge in [0.05, 0.1) is 29.1 Å². The third kappa shape index (κ3) is 3.52. The molecule has 0 aromatic heterocycles. The molecule has 2 aromatic rings. The van der Waals surface area contributed by atoms with E-state index in [1.54, 1.807) is 24.3 Å². The van der Waals surface area contributed by atoms with Gasteiger partial charge in [0.15, 0.2) is 0 Å². The number of morpholine rings is 1. The molecule has 162 valence electrons. The molecular formula is C22H23N3O5S. The Morgan fingerprint density at radius 3 is 2.55 bits per heavy atom. The molecule has 5 rings (SSSR count). The smallest absolute Gasteiger partial charge is 0.269 e. The molecule has 9 heteroatoms. The Balaban J connectivity index is 1.44. The number of anilines is 1. The molecule has 2 heterocycles. The van der Waals surface area contributed by atoms with Crippen LogP contribution in [0.15, 0.2) is 59.5 Å². The normalized spacial score (nSPS) is 25.5. The van der Waals surface area contributed by atoms with Crippen molar-refractivity contribution in [2.24, 2.45) is 5.92 Å². The maximum absolute atomic E-state index is 12.9. The SMILES string of the molecule is O=[N+]([O-])c1ccc2c(c1)C1C=CCC1[C@@H](c1ccc(S(=O)(=O)N3CCOCC3)cc1)N2. The minimum atomic E-state index is -3.53. The number of sulfonamides is 1. The Bertz CT molecular complexity index is 1140. The second-order valence-electron chi connectivity index (χ2n) is 8.09. The van der Waals surface area contributed by atoms with Crippen LogP contribution in [0.2, 0.25) is 0 Å². The van der Waals surface area contributed by atoms with Gasteiger partial charge in [-0.05, 0) is 41.7 Å². The first-order valence-corrected chi connectivity index (χ1v) is 11.8. The fourth-order valence-electron chi connectivity index (χ4n) is 4.81. The molecule has 1 fully saturated rings. The van der Waals surface area contributed by atoms with E-state index in [0.29, 0.717) is 26.3 Å². The van der Waals surface area contributed by atoms with Gasteiger partial charge in [0, 0.05) is 36.8 Å². The number of ether oxygens (including phenoxy) is 1. The Morgan fingerprint density at radius 1 is 1.10 bits per heavy atom. The molecule has 3 aliphatic rings. The predicted octanol–water partition coefficient (Wildman–Crippen LogP) is 3.44. The lowest BCUT2D eigenvalue weighted by Gasteiger charge is -2.37. The Hall–Kier alpha value is -2.75. The summed E-state index contributed by atoms with van der Waals surface area (Å²) in [6.45, 7) is 1.56. The second-order valence-corrected chi connectivity index (χ2v) is 10.0. The Kier molecular flexibility index (Phi) is 5.04. The summed E-state index contributed by atoms with van der Waals surface area (Å²) in [5.74, 6) is 0.314. The maximum Gasteiger partial charge on any atom is 0.269 e. The van der Waals surface area contributed by atoms with Gasteiger partial charge in [-0.15, -0.1) is 0 Å². The van der Waals surface area contributed by atoms with Crippen molar-refractivity contribution < 1.29 is 18.1 Å². The number of fused-ring (bicyclic) bond motifs is 3. The maximum atomic E-state index is 12.9. The van der Waals surface area contributed by atoms with Gasteiger partial charge in [-0.25, -0.2) is 8.42 Å². The van der Waals surface area contributed by atoms with Crippen LogP contribution >= 0.6 is 0 Å². The van der Waals surface area contributed by atoms with Gasteiger partial charge in [-0.3, -0.25) is 10.1 Å². The van der Waals surface area contributed by atoms with Gasteiger partial charge in [-0.1, -0.05) is 24.3 Å². The van der Waals surface area contributed by atoms with Gasteiger partial charge >= 0.3 is 0 Å². The van der Waals surface area contributed by atoms with E-state index in [4.69, 9.17) is 4.74 Å². The Labute approximate surface area is 180 Å². The third-order valence-corrected chi connectivity index (χ3v) is 8.32. The number of rotatable bonds is 4. The number of non-ortho nitro benzene ring substituents is 1. The van der Waals surface area contributed by atoms with E-state index in [1.807, 2.05) is 12.1 Å². The van der Waals surface area contributed by atoms with Crippen LogP contribution in [0, 0.1) is 16.0 Å². The summed E-state index contributed by atoms with van der Waals surface area (Å²) in [7, 11) is -3.53. The van der Waals surface area contributed by atoms with E-state index < -0.39 is 10.0 Å². The molecular weight excluding hydrogens is 418 g/mol. The third-order valence-electron chi connectivity index (χ3n) is 6.40. The van der Waals surface area contributed by atoms with E-state index in [-0.39, 0.29) is 33.4 Å². The number of nitrogens with zero attached hydrogens (tertiary/aromatic N) is 2. The number of nitro groups is 1. The highest BCUT2D eigenvalue weighted by atomic mass is 32.2. The second kappa shape index (κ2) is 7.74. The molecule has 0 amide bonds. The van der Waals surface area contributed by atoms with Crippen molar-refractivity contribution in [2.75, 3.05) is 31.6 Å². The lowest BCUT2D eigenvalue weighted by atomic mass is 9.77. The average molecular weight is 442 g/mol. The van der Waals surface area contributed by atoms with E-state index in [2.05, 4.69) is 17.5 Å². The van der Waals surface area contributed by atoms with Crippen LogP contribution < -0.4 is 5.32 Å². The van der Waals surface area contributed by atoms with Crippen molar-refractivity contribution in [3.63, 3.8) is 0 Å². The minimum absolute atomic E-state index is 0.00547. The van der Waals surface area contributed by atoms with Gasteiger partial charge in [0.25, 0.3) is 5.69 Å². The number of benzene rings is 2. The average Bonchev–Trinajstić information content (AvgIpc) is 3.29. The van der Waals surface area contributed by atoms with Crippen molar-refractivity contribution in [1.29, 1.82) is 0 Å². The first-order chi connectivity index (χ1) is 14.9. The molecule has 3 atom stereocenters. The van der Waals surface area contributed by atoms with Crippen LogP contribution in [0.5, 0.6) is 0 Å². The van der Waals surface area contributed by atoms with Crippen LogP contribution in [0.1, 0.15) is 29.5 Å². The molecule has 31 heavy (non-hydrogen) atoms. The zero-order chi connectivity index (χ0) is 21.6. The molecule has 1 N–H and O–H groups in total. The minimum Gasteiger partial charge on any atom is -0.379 e. The molecule has 1 aliphatic carbocycles. The summed E-state index contributed by atoms with van der Waals surface area (Å²) in [5, 5.41) is 14.7. The fraction of sp³-hybridized carbons (Fsp3) is 0.364. The fourth-order valence-corrected chi connectivity index (χ4v) is 6.22. The largest absolute Gasteiger partial charge is 0.379 e. The van der Waals surface area contributed by atoms with Crippen LogP contribution in [-0.2, 0) is 14.8 Å². The van der Waals surface area contributed by atoms with Crippen molar-refractivity contribution in [3.05, 3.63) is 75.9 Å². The summed E-state index contributed by atoms with van der Waals surface area (Å²) in [5.41, 5.74) is 2.92. The van der Waals surface area contributed by atoms with Crippen molar-refractivity contribution in [2.45, 2.75) is 23.3 Å². The topological polar surface area (TPSA) is 102 Å². The molecule has 0 bridgehead atoms. The van der Waals surface area contributed by atoms with E-state index >= 15 is 0 Å². The first kappa shape index (κ1) is 20.2. The lowest BCUT2D eigenvalue weighted by Crippen LogP contribution is -2.40. The van der Waals surface area contributed by atoms with Crippen molar-refractivity contribution >= 4 is 21.4 Å². The van der Waals surface area contributed by atoms with Crippen LogP contribution in [0.25, 0.3) is 0 Å². The van der Waals surface area contributed by atoms with Gasteiger partial charge < -0.3 is 10.1 Å². The summed E-state index contributed by atoms with van der Waals surface area (Å²) >= 11 is 0. The number of hydrogen-bond donors (Lipinski definition) is 1. The summed E-state index contributed by atoms with van der Waals surface area (Å²) in [6, 6.07) is 12.0. The van der Waals surface area contributed by atoms with E-state index in [1.165, 1.54) is 10.4 Å². The highest BCUT2D eigenvalue weighted by Crippen LogP contribution is 2.50. The number of hydrogen-bond acceptors (Lipinski definition) is 6. The molecule has 2 aromatic carbocycles. The summed E-state index contributed by atoms with van der Waals surface area (Å²) < 4.78 is 32.5. The summed E-state index contributed by atoms with van der Waals surface area (Å²) in [4.78, 5) is 11.1. The molecule has 0 saturated carbocycles. The first-order valence-electron chi connectivity index (χ1n) is 10.3. The molecule has 2 aliphatic heterocycles. The molecule has 0 spiro atoms. The number of allylic oxidation sites excluding steroid dienone is 2. The number of nitro benzene ring substituents is 1. The van der Waals surface area contributed by atoms with Gasteiger partial charge in [-0.2, -0.15) is 4.31 Å². The van der Waals surface area contributed by atoms with Gasteiger partial charge in [0.2, 0.25) is 10.0 Å². The van der Waals surface area contributed by atoms with Crippen molar-refractivity contribution in [1.82, 2.24) is 4.31 Å². The molecule has 8 nitrogen and oxygen atoms in total. The molecule has 2 unspecified atom stereocenters. The molecule has 1 saturated heterocycles. The standard InChI is InChI=1S/C22H23N3O5S/c26-25(27)16-6-9-21-20(14-16)18-2-1-3-19(18)22(23-21)15-4-7-17(8-5-15)31(28,29)24-10-12-30-13-11-24/h1-2,4-9,14,18-19,22-23H,3,10-13H2/t18?,19?,22-/m1/s1. The zero-order valence-electron chi connectivity index (χ0n) is 16.8.